The van der Waals surface area contributed by atoms with E-state index in [1.165, 1.54) is 11.1 Å². The van der Waals surface area contributed by atoms with Gasteiger partial charge >= 0.3 is 0 Å². The summed E-state index contributed by atoms with van der Waals surface area (Å²) in [4.78, 5) is 0. The van der Waals surface area contributed by atoms with E-state index in [0.29, 0.717) is 0 Å². The Kier molecular flexibility index (Phi) is 4.04. The highest BCUT2D eigenvalue weighted by Gasteiger charge is 2.01. The summed E-state index contributed by atoms with van der Waals surface area (Å²) in [6.45, 7) is 5.76. The quantitative estimate of drug-likeness (QED) is 0.565. The van der Waals surface area contributed by atoms with E-state index in [4.69, 9.17) is 0 Å². The van der Waals surface area contributed by atoms with E-state index in [2.05, 4.69) is 43.0 Å². The normalized spacial score (nSPS) is 17.6. The molecule has 0 radical (unpaired) electrons. The Hall–Kier alpha value is -1.30. The summed E-state index contributed by atoms with van der Waals surface area (Å²) in [5, 5.41) is 0. The zero-order valence-corrected chi connectivity index (χ0v) is 8.16. The van der Waals surface area contributed by atoms with Crippen LogP contribution < -0.4 is 0 Å². The first-order valence-corrected chi connectivity index (χ1v) is 4.70. The highest BCUT2D eigenvalue weighted by molar-refractivity contribution is 5.44. The first kappa shape index (κ1) is 9.79. The van der Waals surface area contributed by atoms with Crippen LogP contribution in [-0.2, 0) is 0 Å². The highest BCUT2D eigenvalue weighted by Crippen LogP contribution is 2.21. The van der Waals surface area contributed by atoms with E-state index in [-0.39, 0.29) is 0 Å². The van der Waals surface area contributed by atoms with Crippen LogP contribution in [0.15, 0.2) is 60.3 Å². The molecule has 0 aromatic rings. The third-order valence-electron chi connectivity index (χ3n) is 2.03. The van der Waals surface area contributed by atoms with Crippen molar-refractivity contribution in [3.05, 3.63) is 60.3 Å². The molecule has 0 saturated heterocycles. The molecule has 0 N–H and O–H groups in total. The first-order valence-electron chi connectivity index (χ1n) is 4.70. The Labute approximate surface area is 80.7 Å². The lowest BCUT2D eigenvalue weighted by Crippen LogP contribution is -1.89. The molecule has 0 amide bonds. The van der Waals surface area contributed by atoms with Crippen molar-refractivity contribution in [1.82, 2.24) is 0 Å². The lowest BCUT2D eigenvalue weighted by atomic mass is 9.96. The maximum atomic E-state index is 3.72. The monoisotopic (exact) mass is 172 g/mol. The average Bonchev–Trinajstić information content (AvgIpc) is 2.19. The molecular formula is C13H16. The van der Waals surface area contributed by atoms with Crippen LogP contribution in [0.4, 0.5) is 0 Å². The summed E-state index contributed by atoms with van der Waals surface area (Å²) in [6.07, 6.45) is 16.9. The second kappa shape index (κ2) is 5.36. The van der Waals surface area contributed by atoms with Gasteiger partial charge in [-0.25, -0.2) is 0 Å². The molecule has 0 fully saturated rings. The molecule has 0 spiro atoms. The van der Waals surface area contributed by atoms with E-state index < -0.39 is 0 Å². The van der Waals surface area contributed by atoms with Crippen molar-refractivity contribution in [1.29, 1.82) is 0 Å². The number of hydrogen-bond donors (Lipinski definition) is 0. The van der Waals surface area contributed by atoms with E-state index in [1.807, 2.05) is 13.0 Å². The first-order chi connectivity index (χ1) is 6.38. The van der Waals surface area contributed by atoms with Crippen LogP contribution in [0, 0.1) is 0 Å². The maximum absolute atomic E-state index is 3.72. The predicted octanol–water partition coefficient (Wildman–Crippen LogP) is 3.95. The van der Waals surface area contributed by atoms with Gasteiger partial charge in [-0.3, -0.25) is 0 Å². The molecule has 0 aromatic heterocycles. The smallest absolute Gasteiger partial charge is 0.0228 e. The minimum atomic E-state index is 1.14. The van der Waals surface area contributed by atoms with E-state index >= 15 is 0 Å². The third-order valence-corrected chi connectivity index (χ3v) is 2.03. The van der Waals surface area contributed by atoms with Crippen LogP contribution in [0.2, 0.25) is 0 Å². The average molecular weight is 172 g/mol. The Morgan fingerprint density at radius 3 is 2.92 bits per heavy atom. The fraction of sp³-hybridized carbons (Fsp3) is 0.231. The predicted molar refractivity (Wildman–Crippen MR) is 59.6 cm³/mol. The molecule has 0 bridgehead atoms. The second-order valence-corrected chi connectivity index (χ2v) is 3.02. The van der Waals surface area contributed by atoms with Gasteiger partial charge in [0.25, 0.3) is 0 Å². The zero-order valence-electron chi connectivity index (χ0n) is 8.16. The van der Waals surface area contributed by atoms with Crippen molar-refractivity contribution in [3.63, 3.8) is 0 Å². The van der Waals surface area contributed by atoms with Crippen LogP contribution in [0.5, 0.6) is 0 Å². The van der Waals surface area contributed by atoms with Gasteiger partial charge in [0.2, 0.25) is 0 Å². The van der Waals surface area contributed by atoms with Gasteiger partial charge < -0.3 is 0 Å². The van der Waals surface area contributed by atoms with Crippen molar-refractivity contribution in [2.45, 2.75) is 19.8 Å². The topological polar surface area (TPSA) is 0 Å². The molecule has 0 saturated carbocycles. The summed E-state index contributed by atoms with van der Waals surface area (Å²) in [6, 6.07) is 0. The molecule has 0 heteroatoms. The molecule has 1 aliphatic carbocycles. The molecule has 0 nitrogen and oxygen atoms in total. The standard InChI is InChI=1S/C13H16/c1-3-8-12(9-4-2)13-10-6-5-7-11-13/h3-6,8-10H,1,7,11H2,2H3/b9-4-,12-8+. The Morgan fingerprint density at radius 1 is 1.54 bits per heavy atom. The van der Waals surface area contributed by atoms with Crippen LogP contribution in [0.25, 0.3) is 0 Å². The van der Waals surface area contributed by atoms with Crippen molar-refractivity contribution in [3.8, 4) is 0 Å². The van der Waals surface area contributed by atoms with Gasteiger partial charge in [0.1, 0.15) is 0 Å². The fourth-order valence-electron chi connectivity index (χ4n) is 1.42. The summed E-state index contributed by atoms with van der Waals surface area (Å²) in [7, 11) is 0. The molecular weight excluding hydrogens is 156 g/mol. The minimum absolute atomic E-state index is 1.14. The van der Waals surface area contributed by atoms with Crippen LogP contribution >= 0.6 is 0 Å². The SMILES string of the molecule is C=C/C=C(\C=C/C)C1=CC=CCC1. The molecule has 0 aliphatic heterocycles. The third kappa shape index (κ3) is 2.90. The maximum Gasteiger partial charge on any atom is -0.0228 e. The van der Waals surface area contributed by atoms with Gasteiger partial charge in [0.15, 0.2) is 0 Å². The van der Waals surface area contributed by atoms with Gasteiger partial charge in [-0.05, 0) is 30.9 Å². The molecule has 1 rings (SSSR count). The van der Waals surface area contributed by atoms with E-state index in [9.17, 15) is 0 Å². The van der Waals surface area contributed by atoms with Gasteiger partial charge in [0, 0.05) is 0 Å². The van der Waals surface area contributed by atoms with Crippen molar-refractivity contribution in [2.75, 3.05) is 0 Å². The molecule has 0 heterocycles. The second-order valence-electron chi connectivity index (χ2n) is 3.02. The van der Waals surface area contributed by atoms with Gasteiger partial charge in [-0.1, -0.05) is 49.1 Å². The largest absolute Gasteiger partial charge is 0.0990 e. The summed E-state index contributed by atoms with van der Waals surface area (Å²) in [5.74, 6) is 0. The summed E-state index contributed by atoms with van der Waals surface area (Å²) < 4.78 is 0. The number of hydrogen-bond acceptors (Lipinski definition) is 0. The van der Waals surface area contributed by atoms with E-state index in [1.54, 1.807) is 0 Å². The van der Waals surface area contributed by atoms with Gasteiger partial charge in [0.05, 0.1) is 0 Å². The van der Waals surface area contributed by atoms with Crippen molar-refractivity contribution in [2.24, 2.45) is 0 Å². The molecule has 13 heavy (non-hydrogen) atoms. The molecule has 0 atom stereocenters. The number of rotatable bonds is 3. The Balaban J connectivity index is 2.86. The highest BCUT2D eigenvalue weighted by atomic mass is 14.1. The van der Waals surface area contributed by atoms with E-state index in [0.717, 1.165) is 12.8 Å². The van der Waals surface area contributed by atoms with Crippen LogP contribution in [0.3, 0.4) is 0 Å². The molecule has 1 aliphatic rings. The van der Waals surface area contributed by atoms with Crippen molar-refractivity contribution < 1.29 is 0 Å². The molecule has 68 valence electrons. The van der Waals surface area contributed by atoms with Crippen LogP contribution in [-0.4, -0.2) is 0 Å². The lowest BCUT2D eigenvalue weighted by Gasteiger charge is -2.09. The molecule has 0 unspecified atom stereocenters. The van der Waals surface area contributed by atoms with Gasteiger partial charge in [-0.2, -0.15) is 0 Å². The lowest BCUT2D eigenvalue weighted by molar-refractivity contribution is 0.978. The summed E-state index contributed by atoms with van der Waals surface area (Å²) in [5.41, 5.74) is 2.68. The minimum Gasteiger partial charge on any atom is -0.0990 e. The summed E-state index contributed by atoms with van der Waals surface area (Å²) >= 11 is 0. The van der Waals surface area contributed by atoms with Gasteiger partial charge in [-0.15, -0.1) is 0 Å². The Morgan fingerprint density at radius 2 is 2.38 bits per heavy atom. The van der Waals surface area contributed by atoms with Crippen LogP contribution in [0.1, 0.15) is 19.8 Å². The molecule has 0 aromatic carbocycles. The number of allylic oxidation sites excluding steroid dienone is 9. The zero-order chi connectivity index (χ0) is 9.52. The van der Waals surface area contributed by atoms with Crippen molar-refractivity contribution >= 4 is 0 Å². The fourth-order valence-corrected chi connectivity index (χ4v) is 1.42. The Bertz CT molecular complexity index is 285.